The highest BCUT2D eigenvalue weighted by molar-refractivity contribution is 8.13. The summed E-state index contributed by atoms with van der Waals surface area (Å²) < 4.78 is 5.93. The van der Waals surface area contributed by atoms with Gasteiger partial charge in [0.25, 0.3) is 0 Å². The standard InChI is InChI=1S/C24H32N4OS/c1-20-8-6-13-28(18-20)14-7-15-29-23-12-5-11-22(16-23)17-26-27-24(25)30-19-21-9-3-2-4-10-21/h2-5,9-12,16-17,20H,6-8,13-15,18-19H2,1H3,(H2,25,27). The molecule has 0 bridgehead atoms. The Bertz CT molecular complexity index is 825. The van der Waals surface area contributed by atoms with Gasteiger partial charge in [-0.1, -0.05) is 61.2 Å². The fourth-order valence-corrected chi connectivity index (χ4v) is 4.18. The number of ether oxygens (including phenoxy) is 1. The largest absolute Gasteiger partial charge is 0.494 e. The van der Waals surface area contributed by atoms with Crippen molar-refractivity contribution in [2.75, 3.05) is 26.2 Å². The molecular formula is C24H32N4OS. The molecule has 160 valence electrons. The van der Waals surface area contributed by atoms with Gasteiger partial charge in [0.15, 0.2) is 5.17 Å². The number of piperidine rings is 1. The molecule has 0 amide bonds. The third-order valence-electron chi connectivity index (χ3n) is 5.08. The van der Waals surface area contributed by atoms with Crippen molar-refractivity contribution < 1.29 is 4.74 Å². The van der Waals surface area contributed by atoms with Gasteiger partial charge in [0.1, 0.15) is 5.75 Å². The number of nitrogens with zero attached hydrogens (tertiary/aromatic N) is 3. The van der Waals surface area contributed by atoms with E-state index in [0.29, 0.717) is 5.17 Å². The van der Waals surface area contributed by atoms with Crippen molar-refractivity contribution in [3.8, 4) is 5.75 Å². The molecule has 0 saturated carbocycles. The second-order valence-corrected chi connectivity index (χ2v) is 8.78. The van der Waals surface area contributed by atoms with E-state index in [9.17, 15) is 0 Å². The monoisotopic (exact) mass is 424 g/mol. The summed E-state index contributed by atoms with van der Waals surface area (Å²) >= 11 is 1.48. The second-order valence-electron chi connectivity index (χ2n) is 7.78. The van der Waals surface area contributed by atoms with Crippen molar-refractivity contribution in [3.63, 3.8) is 0 Å². The predicted octanol–water partition coefficient (Wildman–Crippen LogP) is 4.77. The van der Waals surface area contributed by atoms with Gasteiger partial charge < -0.3 is 15.4 Å². The lowest BCUT2D eigenvalue weighted by atomic mass is 10.0. The Labute approximate surface area is 184 Å². The molecule has 2 aromatic rings. The number of nitrogens with two attached hydrogens (primary N) is 1. The number of likely N-dealkylation sites (tertiary alicyclic amines) is 1. The Balaban J connectivity index is 1.39. The van der Waals surface area contributed by atoms with Crippen LogP contribution in [-0.4, -0.2) is 42.5 Å². The van der Waals surface area contributed by atoms with E-state index >= 15 is 0 Å². The number of rotatable bonds is 9. The van der Waals surface area contributed by atoms with E-state index in [4.69, 9.17) is 10.5 Å². The van der Waals surface area contributed by atoms with E-state index in [2.05, 4.69) is 34.2 Å². The Kier molecular flexibility index (Phi) is 9.25. The summed E-state index contributed by atoms with van der Waals surface area (Å²) in [4.78, 5) is 2.55. The second kappa shape index (κ2) is 12.4. The lowest BCUT2D eigenvalue weighted by molar-refractivity contribution is 0.170. The summed E-state index contributed by atoms with van der Waals surface area (Å²) in [5.41, 5.74) is 8.10. The number of hydrogen-bond acceptors (Lipinski definition) is 5. The lowest BCUT2D eigenvalue weighted by Gasteiger charge is -2.30. The number of amidine groups is 1. The molecule has 3 rings (SSSR count). The average Bonchev–Trinajstić information content (AvgIpc) is 2.76. The molecule has 6 heteroatoms. The maximum atomic E-state index is 5.94. The van der Waals surface area contributed by atoms with Crippen molar-refractivity contribution in [2.24, 2.45) is 21.9 Å². The molecule has 0 radical (unpaired) electrons. The van der Waals surface area contributed by atoms with Crippen LogP contribution >= 0.6 is 11.8 Å². The molecule has 1 atom stereocenters. The van der Waals surface area contributed by atoms with Crippen LogP contribution in [0.5, 0.6) is 5.75 Å². The summed E-state index contributed by atoms with van der Waals surface area (Å²) in [6, 6.07) is 18.1. The molecule has 0 spiro atoms. The molecule has 1 unspecified atom stereocenters. The van der Waals surface area contributed by atoms with E-state index in [1.807, 2.05) is 42.5 Å². The van der Waals surface area contributed by atoms with Crippen LogP contribution in [0.15, 0.2) is 64.8 Å². The van der Waals surface area contributed by atoms with Crippen molar-refractivity contribution in [2.45, 2.75) is 31.9 Å². The predicted molar refractivity (Wildman–Crippen MR) is 128 cm³/mol. The molecule has 0 aliphatic carbocycles. The van der Waals surface area contributed by atoms with Crippen LogP contribution in [-0.2, 0) is 5.75 Å². The topological polar surface area (TPSA) is 63.2 Å². The van der Waals surface area contributed by atoms with Gasteiger partial charge in [-0.25, -0.2) is 0 Å². The minimum atomic E-state index is 0.453. The maximum Gasteiger partial charge on any atom is 0.180 e. The SMILES string of the molecule is CC1CCCN(CCCOc2cccc(C=NN=C(N)SCc3ccccc3)c2)C1. The van der Waals surface area contributed by atoms with Crippen LogP contribution in [0.1, 0.15) is 37.3 Å². The van der Waals surface area contributed by atoms with Crippen molar-refractivity contribution in [3.05, 3.63) is 65.7 Å². The van der Waals surface area contributed by atoms with Gasteiger partial charge in [-0.05, 0) is 55.0 Å². The molecule has 1 saturated heterocycles. The smallest absolute Gasteiger partial charge is 0.180 e. The molecular weight excluding hydrogens is 392 g/mol. The minimum Gasteiger partial charge on any atom is -0.494 e. The van der Waals surface area contributed by atoms with E-state index in [1.165, 1.54) is 43.3 Å². The van der Waals surface area contributed by atoms with Crippen LogP contribution in [0.25, 0.3) is 0 Å². The van der Waals surface area contributed by atoms with Crippen molar-refractivity contribution in [1.82, 2.24) is 4.90 Å². The number of thioether (sulfide) groups is 1. The van der Waals surface area contributed by atoms with Crippen LogP contribution in [0.4, 0.5) is 0 Å². The van der Waals surface area contributed by atoms with Gasteiger partial charge in [0, 0.05) is 18.8 Å². The van der Waals surface area contributed by atoms with E-state index in [0.717, 1.165) is 42.6 Å². The van der Waals surface area contributed by atoms with Gasteiger partial charge in [-0.3, -0.25) is 0 Å². The third-order valence-corrected chi connectivity index (χ3v) is 5.93. The first-order valence-corrected chi connectivity index (χ1v) is 11.7. The fourth-order valence-electron chi connectivity index (χ4n) is 3.57. The first-order chi connectivity index (χ1) is 14.7. The summed E-state index contributed by atoms with van der Waals surface area (Å²) in [6.45, 7) is 6.63. The van der Waals surface area contributed by atoms with Crippen molar-refractivity contribution >= 4 is 23.1 Å². The Morgan fingerprint density at radius 2 is 2.10 bits per heavy atom. The number of hydrogen-bond donors (Lipinski definition) is 1. The first kappa shape index (κ1) is 22.4. The lowest BCUT2D eigenvalue weighted by Crippen LogP contribution is -2.35. The molecule has 1 heterocycles. The molecule has 2 N–H and O–H groups in total. The van der Waals surface area contributed by atoms with Crippen LogP contribution in [0.3, 0.4) is 0 Å². The zero-order valence-electron chi connectivity index (χ0n) is 17.7. The van der Waals surface area contributed by atoms with Crippen molar-refractivity contribution in [1.29, 1.82) is 0 Å². The van der Waals surface area contributed by atoms with Crippen LogP contribution in [0, 0.1) is 5.92 Å². The van der Waals surface area contributed by atoms with Crippen LogP contribution in [0.2, 0.25) is 0 Å². The highest BCUT2D eigenvalue weighted by Crippen LogP contribution is 2.16. The summed E-state index contributed by atoms with van der Waals surface area (Å²) in [7, 11) is 0. The summed E-state index contributed by atoms with van der Waals surface area (Å²) in [5, 5.41) is 8.65. The van der Waals surface area contributed by atoms with Gasteiger partial charge in [0.2, 0.25) is 0 Å². The van der Waals surface area contributed by atoms with Gasteiger partial charge in [-0.15, -0.1) is 5.10 Å². The highest BCUT2D eigenvalue weighted by atomic mass is 32.2. The summed E-state index contributed by atoms with van der Waals surface area (Å²) in [6.07, 6.45) is 5.44. The van der Waals surface area contributed by atoms with Gasteiger partial charge >= 0.3 is 0 Å². The van der Waals surface area contributed by atoms with Crippen LogP contribution < -0.4 is 10.5 Å². The summed E-state index contributed by atoms with van der Waals surface area (Å²) in [5.74, 6) is 2.47. The molecule has 30 heavy (non-hydrogen) atoms. The van der Waals surface area contributed by atoms with E-state index < -0.39 is 0 Å². The zero-order chi connectivity index (χ0) is 21.0. The minimum absolute atomic E-state index is 0.453. The first-order valence-electron chi connectivity index (χ1n) is 10.7. The molecule has 5 nitrogen and oxygen atoms in total. The molecule has 0 aromatic heterocycles. The Hall–Kier alpha value is -2.31. The number of benzene rings is 2. The Morgan fingerprint density at radius 1 is 1.23 bits per heavy atom. The zero-order valence-corrected chi connectivity index (χ0v) is 18.6. The maximum absolute atomic E-state index is 5.94. The molecule has 2 aromatic carbocycles. The third kappa shape index (κ3) is 8.20. The Morgan fingerprint density at radius 3 is 2.93 bits per heavy atom. The van der Waals surface area contributed by atoms with Gasteiger partial charge in [0.05, 0.1) is 12.8 Å². The fraction of sp³-hybridized carbons (Fsp3) is 0.417. The molecule has 1 fully saturated rings. The van der Waals surface area contributed by atoms with E-state index in [-0.39, 0.29) is 0 Å². The quantitative estimate of drug-likeness (QED) is 0.273. The van der Waals surface area contributed by atoms with Gasteiger partial charge in [-0.2, -0.15) is 5.10 Å². The highest BCUT2D eigenvalue weighted by Gasteiger charge is 2.15. The normalized spacial score (nSPS) is 18.0. The molecule has 1 aliphatic heterocycles. The average molecular weight is 425 g/mol. The molecule has 1 aliphatic rings. The van der Waals surface area contributed by atoms with E-state index in [1.54, 1.807) is 6.21 Å².